The third kappa shape index (κ3) is 6.43. The van der Waals surface area contributed by atoms with E-state index in [-0.39, 0.29) is 12.5 Å². The summed E-state index contributed by atoms with van der Waals surface area (Å²) in [5.41, 5.74) is 5.31. The smallest absolute Gasteiger partial charge is 0.304 e. The Hall–Kier alpha value is -3.97. The van der Waals surface area contributed by atoms with Gasteiger partial charge in [-0.3, -0.25) is 4.79 Å². The average molecular weight is 497 g/mol. The van der Waals surface area contributed by atoms with Crippen molar-refractivity contribution in [2.75, 3.05) is 11.9 Å². The first-order valence-corrected chi connectivity index (χ1v) is 12.9. The van der Waals surface area contributed by atoms with Crippen LogP contribution in [-0.2, 0) is 11.3 Å². The highest BCUT2D eigenvalue weighted by atomic mass is 16.5. The summed E-state index contributed by atoms with van der Waals surface area (Å²) in [5, 5.41) is 19.9. The van der Waals surface area contributed by atoms with Crippen molar-refractivity contribution in [2.45, 2.75) is 44.7 Å². The molecular weight excluding hydrogens is 464 g/mol. The predicted molar refractivity (Wildman–Crippen MR) is 144 cm³/mol. The summed E-state index contributed by atoms with van der Waals surface area (Å²) in [7, 11) is 0. The highest BCUT2D eigenvalue weighted by Crippen LogP contribution is 2.38. The Morgan fingerprint density at radius 1 is 0.946 bits per heavy atom. The van der Waals surface area contributed by atoms with Gasteiger partial charge in [-0.15, -0.1) is 0 Å². The summed E-state index contributed by atoms with van der Waals surface area (Å²) in [4.78, 5) is 15.3. The molecule has 37 heavy (non-hydrogen) atoms. The Balaban J connectivity index is 1.27. The molecule has 3 aromatic carbocycles. The van der Waals surface area contributed by atoms with Crippen LogP contribution in [-0.4, -0.2) is 27.8 Å². The van der Waals surface area contributed by atoms with E-state index in [9.17, 15) is 4.79 Å². The van der Waals surface area contributed by atoms with Crippen LogP contribution in [0.3, 0.4) is 0 Å². The molecule has 1 fully saturated rings. The van der Waals surface area contributed by atoms with Crippen LogP contribution in [0.4, 0.5) is 5.69 Å². The number of aromatic nitrogens is 2. The lowest BCUT2D eigenvalue weighted by Gasteiger charge is -2.26. The number of benzene rings is 3. The van der Waals surface area contributed by atoms with Gasteiger partial charge in [-0.1, -0.05) is 72.6 Å². The lowest BCUT2D eigenvalue weighted by atomic mass is 9.90. The van der Waals surface area contributed by atoms with Crippen LogP contribution in [0, 0.1) is 5.92 Å². The fourth-order valence-corrected chi connectivity index (χ4v) is 4.97. The number of hydrogen-bond acceptors (Lipinski definition) is 6. The molecule has 0 amide bonds. The van der Waals surface area contributed by atoms with E-state index in [1.165, 1.54) is 31.2 Å². The number of carboxylic acids is 1. The summed E-state index contributed by atoms with van der Waals surface area (Å²) in [6.07, 6.45) is 5.11. The molecule has 7 heteroatoms. The molecular formula is C30H32N4O3. The zero-order chi connectivity index (χ0) is 25.5. The second kappa shape index (κ2) is 11.8. The van der Waals surface area contributed by atoms with Crippen LogP contribution in [0.25, 0.3) is 22.8 Å². The molecule has 5 rings (SSSR count). The fourth-order valence-electron chi connectivity index (χ4n) is 4.97. The normalized spacial score (nSPS) is 14.5. The molecule has 0 radical (unpaired) electrons. The molecule has 1 saturated carbocycles. The minimum absolute atomic E-state index is 0.127. The highest BCUT2D eigenvalue weighted by Gasteiger charge is 2.26. The molecule has 0 aliphatic heterocycles. The maximum Gasteiger partial charge on any atom is 0.304 e. The van der Waals surface area contributed by atoms with Crippen LogP contribution in [0.1, 0.15) is 49.3 Å². The molecule has 0 bridgehead atoms. The van der Waals surface area contributed by atoms with Gasteiger partial charge >= 0.3 is 5.97 Å². The molecule has 0 spiro atoms. The van der Waals surface area contributed by atoms with Crippen molar-refractivity contribution in [3.8, 4) is 22.8 Å². The molecule has 190 valence electrons. The van der Waals surface area contributed by atoms with Crippen LogP contribution in [0.15, 0.2) is 83.4 Å². The van der Waals surface area contributed by atoms with E-state index in [1.807, 2.05) is 30.3 Å². The molecule has 1 atom stereocenters. The summed E-state index contributed by atoms with van der Waals surface area (Å²) in [6, 6.07) is 26.9. The molecule has 1 heterocycles. The van der Waals surface area contributed by atoms with Crippen molar-refractivity contribution in [1.29, 1.82) is 0 Å². The summed E-state index contributed by atoms with van der Waals surface area (Å²) in [6.45, 7) is 1.12. The minimum Gasteiger partial charge on any atom is -0.481 e. The minimum atomic E-state index is -0.785. The molecule has 1 aliphatic rings. The van der Waals surface area contributed by atoms with Gasteiger partial charge in [0.1, 0.15) is 0 Å². The quantitative estimate of drug-likeness (QED) is 0.209. The van der Waals surface area contributed by atoms with Crippen LogP contribution >= 0.6 is 0 Å². The van der Waals surface area contributed by atoms with E-state index in [0.717, 1.165) is 22.4 Å². The third-order valence-corrected chi connectivity index (χ3v) is 6.97. The van der Waals surface area contributed by atoms with E-state index in [1.54, 1.807) is 0 Å². The second-order valence-corrected chi connectivity index (χ2v) is 9.60. The topological polar surface area (TPSA) is 100 Å². The highest BCUT2D eigenvalue weighted by molar-refractivity contribution is 5.66. The number of nitrogens with zero attached hydrogens (tertiary/aromatic N) is 2. The number of aliphatic carboxylic acids is 1. The standard InChI is InChI=1S/C30H32N4O3/c35-27(36)18-19-31-20-21-10-16-26(17-11-21)32-28(22-6-4-5-7-22)23-12-14-24(15-13-23)29-33-30(37-34-29)25-8-2-1-3-9-25/h1-3,8-17,22,28,31-32H,4-7,18-20H2,(H,35,36). The molecule has 0 saturated heterocycles. The maximum atomic E-state index is 10.7. The Kier molecular flexibility index (Phi) is 7.91. The van der Waals surface area contributed by atoms with Crippen molar-refractivity contribution >= 4 is 11.7 Å². The molecule has 1 aliphatic carbocycles. The summed E-state index contributed by atoms with van der Waals surface area (Å²) < 4.78 is 5.49. The predicted octanol–water partition coefficient (Wildman–Crippen LogP) is 6.31. The van der Waals surface area contributed by atoms with Gasteiger partial charge in [-0.25, -0.2) is 0 Å². The van der Waals surface area contributed by atoms with Crippen molar-refractivity contribution in [2.24, 2.45) is 5.92 Å². The van der Waals surface area contributed by atoms with Crippen LogP contribution in [0.5, 0.6) is 0 Å². The first-order chi connectivity index (χ1) is 18.2. The number of nitrogens with one attached hydrogen (secondary N) is 2. The van der Waals surface area contributed by atoms with E-state index in [2.05, 4.69) is 69.3 Å². The number of hydrogen-bond donors (Lipinski definition) is 3. The summed E-state index contributed by atoms with van der Waals surface area (Å²) >= 11 is 0. The second-order valence-electron chi connectivity index (χ2n) is 9.60. The number of carbonyl (C=O) groups is 1. The van der Waals surface area contributed by atoms with Crippen molar-refractivity contribution < 1.29 is 14.4 Å². The van der Waals surface area contributed by atoms with Gasteiger partial charge in [-0.05, 0) is 54.2 Å². The van der Waals surface area contributed by atoms with E-state index in [0.29, 0.717) is 30.7 Å². The lowest BCUT2D eigenvalue weighted by Crippen LogP contribution is -2.19. The number of anilines is 1. The maximum absolute atomic E-state index is 10.7. The van der Waals surface area contributed by atoms with E-state index < -0.39 is 5.97 Å². The van der Waals surface area contributed by atoms with E-state index >= 15 is 0 Å². The first kappa shape index (κ1) is 24.7. The SMILES string of the molecule is O=C(O)CCNCc1ccc(NC(c2ccc(-c3noc(-c4ccccc4)n3)cc2)C2CCCC2)cc1. The third-order valence-electron chi connectivity index (χ3n) is 6.97. The number of rotatable bonds is 11. The van der Waals surface area contributed by atoms with Crippen molar-refractivity contribution in [1.82, 2.24) is 15.5 Å². The van der Waals surface area contributed by atoms with Gasteiger partial charge in [0.15, 0.2) is 0 Å². The Bertz CT molecular complexity index is 1280. The Morgan fingerprint density at radius 3 is 2.38 bits per heavy atom. The zero-order valence-electron chi connectivity index (χ0n) is 20.8. The van der Waals surface area contributed by atoms with E-state index in [4.69, 9.17) is 9.63 Å². The average Bonchev–Trinajstić information content (AvgIpc) is 3.64. The van der Waals surface area contributed by atoms with Gasteiger partial charge in [-0.2, -0.15) is 4.98 Å². The Morgan fingerprint density at radius 2 is 1.68 bits per heavy atom. The van der Waals surface area contributed by atoms with Crippen molar-refractivity contribution in [3.63, 3.8) is 0 Å². The first-order valence-electron chi connectivity index (χ1n) is 12.9. The molecule has 4 aromatic rings. The molecule has 3 N–H and O–H groups in total. The monoisotopic (exact) mass is 496 g/mol. The molecule has 1 aromatic heterocycles. The van der Waals surface area contributed by atoms with Crippen LogP contribution < -0.4 is 10.6 Å². The van der Waals surface area contributed by atoms with Gasteiger partial charge in [0.25, 0.3) is 5.89 Å². The van der Waals surface area contributed by atoms with Crippen molar-refractivity contribution in [3.05, 3.63) is 90.0 Å². The zero-order valence-corrected chi connectivity index (χ0v) is 20.8. The number of carboxylic acid groups (broad SMARTS) is 1. The fraction of sp³-hybridized carbons (Fsp3) is 0.300. The van der Waals surface area contributed by atoms with Gasteiger partial charge < -0.3 is 20.3 Å². The lowest BCUT2D eigenvalue weighted by molar-refractivity contribution is -0.136. The van der Waals surface area contributed by atoms with Crippen LogP contribution in [0.2, 0.25) is 0 Å². The molecule has 7 nitrogen and oxygen atoms in total. The molecule has 1 unspecified atom stereocenters. The van der Waals surface area contributed by atoms with Gasteiger partial charge in [0, 0.05) is 29.9 Å². The Labute approximate surface area is 216 Å². The van der Waals surface area contributed by atoms with Gasteiger partial charge in [0.2, 0.25) is 5.82 Å². The van der Waals surface area contributed by atoms with Gasteiger partial charge in [0.05, 0.1) is 12.5 Å². The largest absolute Gasteiger partial charge is 0.481 e. The summed E-state index contributed by atoms with van der Waals surface area (Å²) in [5.74, 6) is 0.902.